The maximum atomic E-state index is 9.25. The summed E-state index contributed by atoms with van der Waals surface area (Å²) in [6, 6.07) is 0.333. The molecular weight excluding hydrogens is 118 g/mol. The van der Waals surface area contributed by atoms with Gasteiger partial charge >= 0.3 is 5.97 Å². The molecule has 3 N–H and O–H groups in total. The van der Waals surface area contributed by atoms with Crippen LogP contribution in [0, 0.1) is 0 Å². The zero-order chi connectivity index (χ0) is 7.86. The number of rotatable bonds is 1. The van der Waals surface area contributed by atoms with Crippen LogP contribution >= 0.6 is 0 Å². The SMILES string of the molecule is C=CC(=O)O.CC(C)N. The Morgan fingerprint density at radius 2 is 1.89 bits per heavy atom. The van der Waals surface area contributed by atoms with Gasteiger partial charge in [-0.1, -0.05) is 20.4 Å². The van der Waals surface area contributed by atoms with Gasteiger partial charge in [0.1, 0.15) is 0 Å². The summed E-state index contributed by atoms with van der Waals surface area (Å²) in [6.07, 6.45) is 0.833. The van der Waals surface area contributed by atoms with Gasteiger partial charge in [-0.15, -0.1) is 0 Å². The highest BCUT2D eigenvalue weighted by Gasteiger charge is 1.73. The van der Waals surface area contributed by atoms with E-state index in [9.17, 15) is 4.79 Å². The topological polar surface area (TPSA) is 63.3 Å². The molecule has 0 aliphatic rings. The molecule has 0 aromatic rings. The first kappa shape index (κ1) is 11.0. The van der Waals surface area contributed by atoms with Gasteiger partial charge in [0.25, 0.3) is 0 Å². The van der Waals surface area contributed by atoms with Crippen molar-refractivity contribution in [3.8, 4) is 0 Å². The van der Waals surface area contributed by atoms with Crippen LogP contribution in [0.2, 0.25) is 0 Å². The Morgan fingerprint density at radius 3 is 1.89 bits per heavy atom. The largest absolute Gasteiger partial charge is 0.478 e. The highest BCUT2D eigenvalue weighted by atomic mass is 16.4. The lowest BCUT2D eigenvalue weighted by Gasteiger charge is -1.81. The summed E-state index contributed by atoms with van der Waals surface area (Å²) in [5, 5.41) is 7.60. The van der Waals surface area contributed by atoms with Gasteiger partial charge in [-0.25, -0.2) is 4.79 Å². The van der Waals surface area contributed by atoms with Crippen molar-refractivity contribution in [2.75, 3.05) is 0 Å². The van der Waals surface area contributed by atoms with Gasteiger partial charge in [-0.2, -0.15) is 0 Å². The molecule has 0 aromatic heterocycles. The van der Waals surface area contributed by atoms with E-state index in [1.165, 1.54) is 0 Å². The number of carbonyl (C=O) groups is 1. The van der Waals surface area contributed by atoms with Crippen LogP contribution in [0.5, 0.6) is 0 Å². The smallest absolute Gasteiger partial charge is 0.327 e. The average Bonchev–Trinajstić information content (AvgIpc) is 1.65. The van der Waals surface area contributed by atoms with Gasteiger partial charge in [0.15, 0.2) is 0 Å². The van der Waals surface area contributed by atoms with Crippen molar-refractivity contribution in [3.05, 3.63) is 12.7 Å². The Morgan fingerprint density at radius 1 is 1.78 bits per heavy atom. The summed E-state index contributed by atoms with van der Waals surface area (Å²) >= 11 is 0. The van der Waals surface area contributed by atoms with Gasteiger partial charge in [0.2, 0.25) is 0 Å². The monoisotopic (exact) mass is 131 g/mol. The number of hydrogen-bond donors (Lipinski definition) is 2. The van der Waals surface area contributed by atoms with Gasteiger partial charge in [0, 0.05) is 6.08 Å². The van der Waals surface area contributed by atoms with E-state index >= 15 is 0 Å². The van der Waals surface area contributed by atoms with Crippen LogP contribution in [0.15, 0.2) is 12.7 Å². The lowest BCUT2D eigenvalue weighted by atomic mass is 10.5. The van der Waals surface area contributed by atoms with Crippen LogP contribution < -0.4 is 5.73 Å². The molecule has 0 bridgehead atoms. The summed E-state index contributed by atoms with van der Waals surface area (Å²) in [4.78, 5) is 9.25. The summed E-state index contributed by atoms with van der Waals surface area (Å²) < 4.78 is 0. The molecule has 0 aromatic carbocycles. The van der Waals surface area contributed by atoms with E-state index in [1.807, 2.05) is 13.8 Å². The minimum Gasteiger partial charge on any atom is -0.478 e. The van der Waals surface area contributed by atoms with Gasteiger partial charge in [-0.3, -0.25) is 0 Å². The van der Waals surface area contributed by atoms with E-state index in [0.717, 1.165) is 6.08 Å². The third-order valence-corrected chi connectivity index (χ3v) is 0.175. The van der Waals surface area contributed by atoms with Crippen molar-refractivity contribution in [1.29, 1.82) is 0 Å². The average molecular weight is 131 g/mol. The van der Waals surface area contributed by atoms with Crippen molar-refractivity contribution in [2.24, 2.45) is 5.73 Å². The van der Waals surface area contributed by atoms with Crippen LogP contribution in [-0.4, -0.2) is 17.1 Å². The number of carboxylic acid groups (broad SMARTS) is 1. The molecule has 0 aliphatic carbocycles. The van der Waals surface area contributed by atoms with Crippen molar-refractivity contribution in [2.45, 2.75) is 19.9 Å². The first-order valence-corrected chi connectivity index (χ1v) is 2.61. The Kier molecular flexibility index (Phi) is 8.79. The predicted molar refractivity (Wildman–Crippen MR) is 37.2 cm³/mol. The summed E-state index contributed by atoms with van der Waals surface area (Å²) in [7, 11) is 0. The molecule has 54 valence electrons. The molecule has 0 unspecified atom stereocenters. The van der Waals surface area contributed by atoms with Crippen LogP contribution in [0.3, 0.4) is 0 Å². The second-order valence-electron chi connectivity index (χ2n) is 1.79. The van der Waals surface area contributed by atoms with Crippen molar-refractivity contribution in [1.82, 2.24) is 0 Å². The molecular formula is C6H13NO2. The first-order chi connectivity index (χ1) is 4.00. The molecule has 0 saturated heterocycles. The Hall–Kier alpha value is -0.830. The molecule has 3 heteroatoms. The summed E-state index contributed by atoms with van der Waals surface area (Å²) in [6.45, 7) is 6.85. The van der Waals surface area contributed by atoms with Crippen LogP contribution in [0.4, 0.5) is 0 Å². The van der Waals surface area contributed by atoms with Gasteiger partial charge in [-0.05, 0) is 6.04 Å². The predicted octanol–water partition coefficient (Wildman–Crippen LogP) is 0.611. The lowest BCUT2D eigenvalue weighted by Crippen LogP contribution is -2.06. The van der Waals surface area contributed by atoms with Crippen LogP contribution in [0.25, 0.3) is 0 Å². The minimum atomic E-state index is -0.981. The highest BCUT2D eigenvalue weighted by Crippen LogP contribution is 1.58. The second-order valence-corrected chi connectivity index (χ2v) is 1.79. The summed E-state index contributed by atoms with van der Waals surface area (Å²) in [5.74, 6) is -0.981. The van der Waals surface area contributed by atoms with Gasteiger partial charge < -0.3 is 10.8 Å². The molecule has 0 atom stereocenters. The third-order valence-electron chi connectivity index (χ3n) is 0.175. The van der Waals surface area contributed by atoms with E-state index in [1.54, 1.807) is 0 Å². The molecule has 3 nitrogen and oxygen atoms in total. The number of nitrogens with two attached hydrogens (primary N) is 1. The second kappa shape index (κ2) is 7.17. The summed E-state index contributed by atoms with van der Waals surface area (Å²) in [5.41, 5.74) is 5.11. The van der Waals surface area contributed by atoms with Crippen molar-refractivity contribution in [3.63, 3.8) is 0 Å². The van der Waals surface area contributed by atoms with E-state index in [0.29, 0.717) is 6.04 Å². The van der Waals surface area contributed by atoms with Crippen LogP contribution in [-0.2, 0) is 4.79 Å². The Bertz CT molecular complexity index is 86.3. The Labute approximate surface area is 55.2 Å². The zero-order valence-electron chi connectivity index (χ0n) is 5.79. The molecule has 0 rings (SSSR count). The van der Waals surface area contributed by atoms with Crippen molar-refractivity contribution < 1.29 is 9.90 Å². The molecule has 0 saturated carbocycles. The van der Waals surface area contributed by atoms with E-state index < -0.39 is 5.97 Å². The Balaban J connectivity index is 0. The fourth-order valence-corrected chi connectivity index (χ4v) is 0. The quantitative estimate of drug-likeness (QED) is 0.512. The van der Waals surface area contributed by atoms with E-state index in [-0.39, 0.29) is 0 Å². The normalized spacial score (nSPS) is 7.56. The maximum absolute atomic E-state index is 9.25. The van der Waals surface area contributed by atoms with Gasteiger partial charge in [0.05, 0.1) is 0 Å². The molecule has 0 amide bonds. The number of carboxylic acids is 1. The lowest BCUT2D eigenvalue weighted by molar-refractivity contribution is -0.131. The molecule has 0 aliphatic heterocycles. The van der Waals surface area contributed by atoms with Crippen molar-refractivity contribution >= 4 is 5.97 Å². The minimum absolute atomic E-state index is 0.333. The first-order valence-electron chi connectivity index (χ1n) is 2.61. The van der Waals surface area contributed by atoms with Crippen LogP contribution in [0.1, 0.15) is 13.8 Å². The fourth-order valence-electron chi connectivity index (χ4n) is 0. The number of aliphatic carboxylic acids is 1. The van der Waals surface area contributed by atoms with E-state index in [4.69, 9.17) is 10.8 Å². The third kappa shape index (κ3) is 140. The highest BCUT2D eigenvalue weighted by molar-refractivity contribution is 5.78. The number of hydrogen-bond acceptors (Lipinski definition) is 2. The standard InChI is InChI=1S/C3H9N.C3H4O2/c1-3(2)4;1-2-3(4)5/h3H,4H2,1-2H3;2H,1H2,(H,4,5). The molecule has 0 heterocycles. The molecule has 0 spiro atoms. The molecule has 0 radical (unpaired) electrons. The zero-order valence-corrected chi connectivity index (χ0v) is 5.79. The molecule has 9 heavy (non-hydrogen) atoms. The van der Waals surface area contributed by atoms with E-state index in [2.05, 4.69) is 6.58 Å². The molecule has 0 fully saturated rings. The fraction of sp³-hybridized carbons (Fsp3) is 0.500. The maximum Gasteiger partial charge on any atom is 0.327 e.